The van der Waals surface area contributed by atoms with Crippen molar-refractivity contribution >= 4 is 11.6 Å². The molecule has 0 aliphatic carbocycles. The zero-order valence-electron chi connectivity index (χ0n) is 10.2. The number of nitrogens with zero attached hydrogens (tertiary/aromatic N) is 2. The van der Waals surface area contributed by atoms with Gasteiger partial charge in [0.05, 0.1) is 23.0 Å². The Labute approximate surface area is 102 Å². The first-order valence-electron chi connectivity index (χ1n) is 5.62. The number of ether oxygens (including phenoxy) is 1. The summed E-state index contributed by atoms with van der Waals surface area (Å²) in [5.41, 5.74) is 2.03. The van der Waals surface area contributed by atoms with E-state index in [1.165, 1.54) is 0 Å². The summed E-state index contributed by atoms with van der Waals surface area (Å²) in [4.78, 5) is 0. The third-order valence-corrected chi connectivity index (χ3v) is 2.97. The van der Waals surface area contributed by atoms with Crippen molar-refractivity contribution in [1.29, 1.82) is 0 Å². The number of rotatable bonds is 7. The lowest BCUT2D eigenvalue weighted by molar-refractivity contribution is 0.199. The molecule has 0 bridgehead atoms. The molecule has 0 radical (unpaired) electrons. The van der Waals surface area contributed by atoms with Crippen LogP contribution in [0.1, 0.15) is 18.3 Å². The molecule has 92 valence electrons. The average Bonchev–Trinajstić information content (AvgIpc) is 2.56. The summed E-state index contributed by atoms with van der Waals surface area (Å²) in [5.74, 6) is 0. The molecule has 0 unspecified atom stereocenters. The van der Waals surface area contributed by atoms with Gasteiger partial charge in [0.25, 0.3) is 0 Å². The highest BCUT2D eigenvalue weighted by Crippen LogP contribution is 2.20. The Morgan fingerprint density at radius 2 is 2.19 bits per heavy atom. The lowest BCUT2D eigenvalue weighted by Gasteiger charge is -2.06. The Morgan fingerprint density at radius 3 is 2.81 bits per heavy atom. The lowest BCUT2D eigenvalue weighted by Crippen LogP contribution is -2.22. The van der Waals surface area contributed by atoms with Gasteiger partial charge in [-0.15, -0.1) is 0 Å². The van der Waals surface area contributed by atoms with Gasteiger partial charge in [-0.3, -0.25) is 4.68 Å². The van der Waals surface area contributed by atoms with Crippen LogP contribution in [0.15, 0.2) is 0 Å². The topological polar surface area (TPSA) is 39.1 Å². The van der Waals surface area contributed by atoms with E-state index in [2.05, 4.69) is 17.3 Å². The molecule has 0 spiro atoms. The second-order valence-corrected chi connectivity index (χ2v) is 4.03. The van der Waals surface area contributed by atoms with Crippen LogP contribution in [0.5, 0.6) is 0 Å². The summed E-state index contributed by atoms with van der Waals surface area (Å²) in [7, 11) is 1.70. The van der Waals surface area contributed by atoms with Crippen LogP contribution >= 0.6 is 11.6 Å². The third-order valence-electron chi connectivity index (χ3n) is 2.47. The predicted molar refractivity (Wildman–Crippen MR) is 66.1 cm³/mol. The van der Waals surface area contributed by atoms with Crippen LogP contribution in [0.2, 0.25) is 5.02 Å². The monoisotopic (exact) mass is 245 g/mol. The van der Waals surface area contributed by atoms with E-state index in [0.717, 1.165) is 49.1 Å². The van der Waals surface area contributed by atoms with Gasteiger partial charge in [0.15, 0.2) is 0 Å². The smallest absolute Gasteiger partial charge is 0.0847 e. The average molecular weight is 246 g/mol. The second-order valence-electron chi connectivity index (χ2n) is 3.65. The van der Waals surface area contributed by atoms with Crippen molar-refractivity contribution in [3.63, 3.8) is 0 Å². The van der Waals surface area contributed by atoms with Gasteiger partial charge in [0.1, 0.15) is 0 Å². The van der Waals surface area contributed by atoms with Crippen molar-refractivity contribution in [2.24, 2.45) is 0 Å². The maximum absolute atomic E-state index is 6.20. The minimum absolute atomic E-state index is 0.736. The van der Waals surface area contributed by atoms with Crippen LogP contribution in [0.4, 0.5) is 0 Å². The molecule has 0 aromatic carbocycles. The minimum Gasteiger partial charge on any atom is -0.383 e. The highest BCUT2D eigenvalue weighted by atomic mass is 35.5. The number of aryl methyl sites for hydroxylation is 2. The van der Waals surface area contributed by atoms with Crippen LogP contribution in [-0.2, 0) is 17.7 Å². The maximum atomic E-state index is 6.20. The Balaban J connectivity index is 2.46. The minimum atomic E-state index is 0.736. The molecule has 1 heterocycles. The van der Waals surface area contributed by atoms with Crippen molar-refractivity contribution < 1.29 is 4.74 Å². The zero-order valence-corrected chi connectivity index (χ0v) is 11.0. The van der Waals surface area contributed by atoms with Gasteiger partial charge >= 0.3 is 0 Å². The van der Waals surface area contributed by atoms with E-state index in [4.69, 9.17) is 16.3 Å². The molecule has 0 saturated carbocycles. The molecule has 0 fully saturated rings. The molecule has 1 N–H and O–H groups in total. The molecule has 16 heavy (non-hydrogen) atoms. The first kappa shape index (κ1) is 13.5. The van der Waals surface area contributed by atoms with Crippen LogP contribution < -0.4 is 5.32 Å². The molecular formula is C11H20ClN3O. The predicted octanol–water partition coefficient (Wildman–Crippen LogP) is 1.64. The van der Waals surface area contributed by atoms with Crippen molar-refractivity contribution in [2.45, 2.75) is 26.8 Å². The number of methoxy groups -OCH3 is 1. The highest BCUT2D eigenvalue weighted by molar-refractivity contribution is 6.31. The van der Waals surface area contributed by atoms with Crippen LogP contribution in [0, 0.1) is 6.92 Å². The first-order valence-corrected chi connectivity index (χ1v) is 6.00. The Bertz CT molecular complexity index is 325. The normalized spacial score (nSPS) is 11.0. The molecule has 1 aromatic heterocycles. The van der Waals surface area contributed by atoms with Gasteiger partial charge in [-0.2, -0.15) is 5.10 Å². The molecule has 0 aliphatic rings. The summed E-state index contributed by atoms with van der Waals surface area (Å²) in [6.45, 7) is 7.38. The standard InChI is InChI=1S/C11H20ClN3O/c1-4-15-10(11(12)9(2)14-15)5-6-13-7-8-16-3/h13H,4-8H2,1-3H3. The highest BCUT2D eigenvalue weighted by Gasteiger charge is 2.11. The number of hydrogen-bond donors (Lipinski definition) is 1. The van der Waals surface area contributed by atoms with E-state index < -0.39 is 0 Å². The molecule has 1 aromatic rings. The Hall–Kier alpha value is -0.580. The fourth-order valence-corrected chi connectivity index (χ4v) is 1.84. The summed E-state index contributed by atoms with van der Waals surface area (Å²) in [5, 5.41) is 8.48. The fourth-order valence-electron chi connectivity index (χ4n) is 1.61. The van der Waals surface area contributed by atoms with Crippen LogP contribution in [0.25, 0.3) is 0 Å². The molecule has 0 atom stereocenters. The number of halogens is 1. The van der Waals surface area contributed by atoms with E-state index in [1.54, 1.807) is 7.11 Å². The van der Waals surface area contributed by atoms with E-state index >= 15 is 0 Å². The van der Waals surface area contributed by atoms with Crippen molar-refractivity contribution in [3.05, 3.63) is 16.4 Å². The molecule has 1 rings (SSSR count). The van der Waals surface area contributed by atoms with Gasteiger partial charge in [0, 0.05) is 33.2 Å². The first-order chi connectivity index (χ1) is 7.70. The van der Waals surface area contributed by atoms with E-state index in [-0.39, 0.29) is 0 Å². The molecule has 5 heteroatoms. The van der Waals surface area contributed by atoms with Crippen LogP contribution in [-0.4, -0.2) is 36.6 Å². The quantitative estimate of drug-likeness (QED) is 0.743. The van der Waals surface area contributed by atoms with E-state index in [1.807, 2.05) is 11.6 Å². The SMILES string of the molecule is CCn1nc(C)c(Cl)c1CCNCCOC. The molecular weight excluding hydrogens is 226 g/mol. The van der Waals surface area contributed by atoms with Crippen molar-refractivity contribution in [1.82, 2.24) is 15.1 Å². The van der Waals surface area contributed by atoms with Crippen molar-refractivity contribution in [3.8, 4) is 0 Å². The largest absolute Gasteiger partial charge is 0.383 e. The van der Waals surface area contributed by atoms with Gasteiger partial charge in [-0.25, -0.2) is 0 Å². The maximum Gasteiger partial charge on any atom is 0.0847 e. The number of hydrogen-bond acceptors (Lipinski definition) is 3. The van der Waals surface area contributed by atoms with Gasteiger partial charge in [0.2, 0.25) is 0 Å². The molecule has 0 amide bonds. The number of nitrogens with one attached hydrogen (secondary N) is 1. The summed E-state index contributed by atoms with van der Waals surface area (Å²) in [6.07, 6.45) is 0.900. The molecule has 0 saturated heterocycles. The third kappa shape index (κ3) is 3.47. The van der Waals surface area contributed by atoms with Gasteiger partial charge in [-0.1, -0.05) is 11.6 Å². The number of aromatic nitrogens is 2. The van der Waals surface area contributed by atoms with Crippen LogP contribution in [0.3, 0.4) is 0 Å². The lowest BCUT2D eigenvalue weighted by atomic mass is 10.3. The fraction of sp³-hybridized carbons (Fsp3) is 0.727. The van der Waals surface area contributed by atoms with Gasteiger partial charge in [-0.05, 0) is 13.8 Å². The van der Waals surface area contributed by atoms with E-state index in [9.17, 15) is 0 Å². The summed E-state index contributed by atoms with van der Waals surface area (Å²) >= 11 is 6.20. The Morgan fingerprint density at radius 1 is 1.44 bits per heavy atom. The van der Waals surface area contributed by atoms with Gasteiger partial charge < -0.3 is 10.1 Å². The zero-order chi connectivity index (χ0) is 12.0. The molecule has 4 nitrogen and oxygen atoms in total. The summed E-state index contributed by atoms with van der Waals surface area (Å²) < 4.78 is 6.93. The molecule has 0 aliphatic heterocycles. The summed E-state index contributed by atoms with van der Waals surface area (Å²) in [6, 6.07) is 0. The van der Waals surface area contributed by atoms with Crippen molar-refractivity contribution in [2.75, 3.05) is 26.8 Å². The van der Waals surface area contributed by atoms with E-state index in [0.29, 0.717) is 0 Å². The second kappa shape index (κ2) is 6.89. The Kier molecular flexibility index (Phi) is 5.80.